The molecule has 11 nitrogen and oxygen atoms in total. The highest BCUT2D eigenvalue weighted by molar-refractivity contribution is 5.91. The van der Waals surface area contributed by atoms with Gasteiger partial charge in [0.15, 0.2) is 22.9 Å². The van der Waals surface area contributed by atoms with Crippen LogP contribution in [0.1, 0.15) is 0 Å². The third-order valence-electron chi connectivity index (χ3n) is 5.41. The molecule has 1 aromatic heterocycles. The first-order chi connectivity index (χ1) is 16.3. The molecule has 1 fully saturated rings. The van der Waals surface area contributed by atoms with Crippen molar-refractivity contribution >= 4 is 16.9 Å². The molecule has 0 radical (unpaired) electrons. The fraction of sp³-hybridized carbons (Fsp3) is 0.304. The van der Waals surface area contributed by atoms with Crippen molar-refractivity contribution in [1.29, 1.82) is 0 Å². The number of phenols is 1. The molecule has 3 aromatic rings. The number of hydrogen-bond donors (Lipinski definition) is 4. The largest absolute Gasteiger partial charge is 0.507 e. The summed E-state index contributed by atoms with van der Waals surface area (Å²) in [5.74, 6) is -1.65. The monoisotopic (exact) mass is 474 g/mol. The number of aromatic hydroxyl groups is 1. The van der Waals surface area contributed by atoms with Gasteiger partial charge in [-0.2, -0.15) is 0 Å². The standard InChI is InChI=1S/C23H22O11/c1-30-19-14(33-23-18(28)16(26)17(27)21(34-23)22(29)31-2)9-12(25)15-11(24)8-13(32-20(15)19)10-6-4-3-5-7-10/h3-9,16-18,21,23,25-28H,1-2H3/t16-,17-,18+,21-,23+/m0/s1. The SMILES string of the molecule is COC(=O)[C@H]1O[C@@H](Oc2cc(O)c3c(=O)cc(-c4ccccc4)oc3c2OC)[C@H](O)[C@@H](O)[C@@H]1O. The number of methoxy groups -OCH3 is 2. The average Bonchev–Trinajstić information content (AvgIpc) is 2.84. The average molecular weight is 474 g/mol. The van der Waals surface area contributed by atoms with Crippen molar-refractivity contribution in [1.82, 2.24) is 0 Å². The number of phenolic OH excluding ortho intramolecular Hbond substituents is 1. The number of benzene rings is 2. The summed E-state index contributed by atoms with van der Waals surface area (Å²) in [6.07, 6.45) is -8.72. The maximum atomic E-state index is 12.8. The molecule has 0 saturated carbocycles. The van der Waals surface area contributed by atoms with Crippen molar-refractivity contribution in [3.63, 3.8) is 0 Å². The summed E-state index contributed by atoms with van der Waals surface area (Å²) in [5.41, 5.74) is -0.0848. The quantitative estimate of drug-likeness (QED) is 0.381. The molecule has 1 saturated heterocycles. The summed E-state index contributed by atoms with van der Waals surface area (Å²) in [4.78, 5) is 24.7. The number of aliphatic hydroxyl groups excluding tert-OH is 3. The van der Waals surface area contributed by atoms with Crippen LogP contribution >= 0.6 is 0 Å². The van der Waals surface area contributed by atoms with Gasteiger partial charge in [0.25, 0.3) is 0 Å². The van der Waals surface area contributed by atoms with E-state index in [1.165, 1.54) is 13.2 Å². The zero-order valence-corrected chi connectivity index (χ0v) is 18.1. The number of ether oxygens (including phenoxy) is 4. The first-order valence-corrected chi connectivity index (χ1v) is 10.1. The Morgan fingerprint density at radius 3 is 2.35 bits per heavy atom. The number of fused-ring (bicyclic) bond motifs is 1. The van der Waals surface area contributed by atoms with Crippen LogP contribution in [0.3, 0.4) is 0 Å². The number of carbonyl (C=O) groups is 1. The summed E-state index contributed by atoms with van der Waals surface area (Å²) in [6.45, 7) is 0. The van der Waals surface area contributed by atoms with Crippen LogP contribution in [0.2, 0.25) is 0 Å². The zero-order valence-electron chi connectivity index (χ0n) is 18.1. The van der Waals surface area contributed by atoms with Gasteiger partial charge in [-0.15, -0.1) is 0 Å². The van der Waals surface area contributed by atoms with E-state index in [-0.39, 0.29) is 28.2 Å². The molecular formula is C23H22O11. The summed E-state index contributed by atoms with van der Waals surface area (Å²) < 4.78 is 26.7. The third kappa shape index (κ3) is 4.05. The number of hydrogen-bond acceptors (Lipinski definition) is 11. The highest BCUT2D eigenvalue weighted by atomic mass is 16.7. The lowest BCUT2D eigenvalue weighted by Crippen LogP contribution is -2.61. The van der Waals surface area contributed by atoms with Gasteiger partial charge in [0.05, 0.1) is 14.2 Å². The van der Waals surface area contributed by atoms with Gasteiger partial charge in [-0.1, -0.05) is 30.3 Å². The molecule has 1 aliphatic rings. The Labute approximate surface area is 192 Å². The van der Waals surface area contributed by atoms with Crippen LogP contribution in [0, 0.1) is 0 Å². The molecule has 0 unspecified atom stereocenters. The fourth-order valence-corrected chi connectivity index (χ4v) is 3.68. The van der Waals surface area contributed by atoms with Crippen molar-refractivity contribution in [2.75, 3.05) is 14.2 Å². The van der Waals surface area contributed by atoms with E-state index in [1.807, 2.05) is 0 Å². The second kappa shape index (κ2) is 9.31. The summed E-state index contributed by atoms with van der Waals surface area (Å²) in [5, 5.41) is 40.9. The fourth-order valence-electron chi connectivity index (χ4n) is 3.68. The minimum Gasteiger partial charge on any atom is -0.507 e. The molecular weight excluding hydrogens is 452 g/mol. The maximum Gasteiger partial charge on any atom is 0.337 e. The highest BCUT2D eigenvalue weighted by Crippen LogP contribution is 2.42. The molecule has 4 rings (SSSR count). The van der Waals surface area contributed by atoms with E-state index in [9.17, 15) is 30.0 Å². The normalized spacial score (nSPS) is 24.6. The molecule has 34 heavy (non-hydrogen) atoms. The van der Waals surface area contributed by atoms with E-state index < -0.39 is 47.9 Å². The Bertz CT molecular complexity index is 1250. The lowest BCUT2D eigenvalue weighted by atomic mass is 9.99. The predicted octanol–water partition coefficient (Wildman–Crippen LogP) is 0.534. The van der Waals surface area contributed by atoms with Crippen LogP contribution < -0.4 is 14.9 Å². The molecule has 1 aliphatic heterocycles. The number of carbonyl (C=O) groups excluding carboxylic acids is 1. The van der Waals surface area contributed by atoms with Gasteiger partial charge in [-0.3, -0.25) is 4.79 Å². The van der Waals surface area contributed by atoms with E-state index in [0.717, 1.165) is 13.2 Å². The van der Waals surface area contributed by atoms with Crippen LogP contribution in [-0.2, 0) is 14.3 Å². The smallest absolute Gasteiger partial charge is 0.337 e. The first kappa shape index (κ1) is 23.5. The van der Waals surface area contributed by atoms with E-state index in [0.29, 0.717) is 5.56 Å². The Hall–Kier alpha value is -3.64. The van der Waals surface area contributed by atoms with E-state index in [1.54, 1.807) is 30.3 Å². The second-order valence-electron chi connectivity index (χ2n) is 7.51. The topological polar surface area (TPSA) is 165 Å². The van der Waals surface area contributed by atoms with Gasteiger partial charge in [-0.05, 0) is 0 Å². The van der Waals surface area contributed by atoms with Gasteiger partial charge in [0, 0.05) is 17.7 Å². The molecule has 11 heteroatoms. The van der Waals surface area contributed by atoms with Crippen molar-refractivity contribution < 1.29 is 48.6 Å². The first-order valence-electron chi connectivity index (χ1n) is 10.1. The van der Waals surface area contributed by atoms with Crippen molar-refractivity contribution in [3.8, 4) is 28.6 Å². The maximum absolute atomic E-state index is 12.8. The number of rotatable bonds is 5. The lowest BCUT2D eigenvalue weighted by molar-refractivity contribution is -0.272. The molecule has 5 atom stereocenters. The Balaban J connectivity index is 1.80. The molecule has 4 N–H and O–H groups in total. The summed E-state index contributed by atoms with van der Waals surface area (Å²) in [7, 11) is 2.32. The Morgan fingerprint density at radius 1 is 1.00 bits per heavy atom. The molecule has 0 bridgehead atoms. The van der Waals surface area contributed by atoms with Crippen LogP contribution in [0.5, 0.6) is 17.2 Å². The van der Waals surface area contributed by atoms with Crippen LogP contribution in [0.4, 0.5) is 0 Å². The Morgan fingerprint density at radius 2 is 1.71 bits per heavy atom. The van der Waals surface area contributed by atoms with Crippen LogP contribution in [-0.4, -0.2) is 71.3 Å². The van der Waals surface area contributed by atoms with E-state index in [4.69, 9.17) is 18.6 Å². The highest BCUT2D eigenvalue weighted by Gasteiger charge is 2.48. The molecule has 0 aliphatic carbocycles. The van der Waals surface area contributed by atoms with Crippen molar-refractivity contribution in [2.45, 2.75) is 30.7 Å². The van der Waals surface area contributed by atoms with Crippen molar-refractivity contribution in [3.05, 3.63) is 52.7 Å². The predicted molar refractivity (Wildman–Crippen MR) is 115 cm³/mol. The Kier molecular flexibility index (Phi) is 6.44. The molecule has 180 valence electrons. The summed E-state index contributed by atoms with van der Waals surface area (Å²) in [6, 6.07) is 11.0. The van der Waals surface area contributed by atoms with E-state index >= 15 is 0 Å². The van der Waals surface area contributed by atoms with Crippen molar-refractivity contribution in [2.24, 2.45) is 0 Å². The van der Waals surface area contributed by atoms with Gasteiger partial charge >= 0.3 is 5.97 Å². The molecule has 0 spiro atoms. The van der Waals surface area contributed by atoms with Gasteiger partial charge in [0.1, 0.15) is 35.2 Å². The van der Waals surface area contributed by atoms with Gasteiger partial charge < -0.3 is 43.8 Å². The molecule has 2 heterocycles. The molecule has 2 aromatic carbocycles. The number of aliphatic hydroxyl groups is 3. The van der Waals surface area contributed by atoms with Crippen LogP contribution in [0.25, 0.3) is 22.3 Å². The van der Waals surface area contributed by atoms with Crippen LogP contribution in [0.15, 0.2) is 51.7 Å². The summed E-state index contributed by atoms with van der Waals surface area (Å²) >= 11 is 0. The minimum atomic E-state index is -1.81. The third-order valence-corrected chi connectivity index (χ3v) is 5.41. The lowest BCUT2D eigenvalue weighted by Gasteiger charge is -2.38. The minimum absolute atomic E-state index is 0.117. The van der Waals surface area contributed by atoms with Gasteiger partial charge in [-0.25, -0.2) is 4.79 Å². The number of esters is 1. The second-order valence-corrected chi connectivity index (χ2v) is 7.51. The van der Waals surface area contributed by atoms with Gasteiger partial charge in [0.2, 0.25) is 12.0 Å². The molecule has 0 amide bonds. The zero-order chi connectivity index (χ0) is 24.6. The van der Waals surface area contributed by atoms with E-state index in [2.05, 4.69) is 4.74 Å².